The molecule has 1 aliphatic rings. The highest BCUT2D eigenvalue weighted by molar-refractivity contribution is 6.05. The van der Waals surface area contributed by atoms with Crippen LogP contribution in [0.25, 0.3) is 0 Å². The van der Waals surface area contributed by atoms with Gasteiger partial charge in [-0.25, -0.2) is 14.4 Å². The van der Waals surface area contributed by atoms with Crippen molar-refractivity contribution in [1.29, 1.82) is 5.26 Å². The van der Waals surface area contributed by atoms with Crippen molar-refractivity contribution in [3.63, 3.8) is 0 Å². The number of nitriles is 1. The third kappa shape index (κ3) is 5.13. The lowest BCUT2D eigenvalue weighted by Crippen LogP contribution is -2.43. The predicted molar refractivity (Wildman–Crippen MR) is 125 cm³/mol. The molecule has 4 rings (SSSR count). The second kappa shape index (κ2) is 9.85. The average molecular weight is 461 g/mol. The zero-order valence-corrected chi connectivity index (χ0v) is 19.1. The van der Waals surface area contributed by atoms with Gasteiger partial charge in [0.1, 0.15) is 47.6 Å². The largest absolute Gasteiger partial charge is 0.489 e. The molecule has 1 aliphatic heterocycles. The number of rotatable bonds is 7. The molecular formula is C25H25FN6O2. The first-order valence-corrected chi connectivity index (χ1v) is 10.9. The number of aromatic nitrogens is 2. The first kappa shape index (κ1) is 23.1. The van der Waals surface area contributed by atoms with E-state index in [1.807, 2.05) is 26.0 Å². The van der Waals surface area contributed by atoms with Gasteiger partial charge in [0, 0.05) is 42.2 Å². The molecule has 0 saturated heterocycles. The Bertz CT molecular complexity index is 1220. The van der Waals surface area contributed by atoms with Crippen LogP contribution in [0.2, 0.25) is 0 Å². The van der Waals surface area contributed by atoms with Crippen LogP contribution in [0.15, 0.2) is 60.0 Å². The van der Waals surface area contributed by atoms with E-state index in [4.69, 9.17) is 15.2 Å². The Morgan fingerprint density at radius 2 is 1.76 bits per heavy atom. The summed E-state index contributed by atoms with van der Waals surface area (Å²) >= 11 is 0. The highest BCUT2D eigenvalue weighted by atomic mass is 19.1. The molecule has 0 fully saturated rings. The minimum absolute atomic E-state index is 0.0777. The number of hydrogen-bond acceptors (Lipinski definition) is 8. The number of benzene rings is 2. The monoisotopic (exact) mass is 460 g/mol. The van der Waals surface area contributed by atoms with E-state index in [1.165, 1.54) is 12.1 Å². The van der Waals surface area contributed by atoms with Gasteiger partial charge >= 0.3 is 0 Å². The standard InChI is InChI=1S/C25H25FN6O2/c1-15(2)32-25(28)23(11-27)24(31-32)18-4-6-20(7-5-18)34-22-9-19(26)8-21(10-22)33-14-17-12-29-16(3)30-13-17/h4-10,12-13,15,23,25H,14,28H2,1-3H3. The molecule has 0 bridgehead atoms. The van der Waals surface area contributed by atoms with Gasteiger partial charge in [-0.15, -0.1) is 0 Å². The van der Waals surface area contributed by atoms with Crippen LogP contribution in [-0.4, -0.2) is 32.9 Å². The van der Waals surface area contributed by atoms with Crippen molar-refractivity contribution in [2.24, 2.45) is 16.8 Å². The van der Waals surface area contributed by atoms with Gasteiger partial charge in [0.15, 0.2) is 0 Å². The van der Waals surface area contributed by atoms with E-state index in [-0.39, 0.29) is 12.6 Å². The Morgan fingerprint density at radius 1 is 1.09 bits per heavy atom. The summed E-state index contributed by atoms with van der Waals surface area (Å²) in [5, 5.41) is 15.9. The van der Waals surface area contributed by atoms with Crippen LogP contribution in [0.4, 0.5) is 4.39 Å². The quantitative estimate of drug-likeness (QED) is 0.564. The molecule has 2 N–H and O–H groups in total. The zero-order chi connectivity index (χ0) is 24.2. The molecule has 0 amide bonds. The highest BCUT2D eigenvalue weighted by Crippen LogP contribution is 2.29. The van der Waals surface area contributed by atoms with Crippen LogP contribution in [0.5, 0.6) is 17.2 Å². The predicted octanol–water partition coefficient (Wildman–Crippen LogP) is 4.15. The summed E-state index contributed by atoms with van der Waals surface area (Å²) in [5.41, 5.74) is 8.37. The van der Waals surface area contributed by atoms with E-state index in [0.29, 0.717) is 28.8 Å². The van der Waals surface area contributed by atoms with Gasteiger partial charge in [-0.05, 0) is 50.6 Å². The number of hydrazone groups is 1. The molecule has 8 nitrogen and oxygen atoms in total. The molecule has 0 radical (unpaired) electrons. The molecule has 0 aliphatic carbocycles. The van der Waals surface area contributed by atoms with E-state index in [0.717, 1.165) is 11.1 Å². The van der Waals surface area contributed by atoms with Gasteiger partial charge in [-0.2, -0.15) is 10.4 Å². The molecule has 9 heteroatoms. The number of hydrogen-bond donors (Lipinski definition) is 1. The van der Waals surface area contributed by atoms with Crippen molar-refractivity contribution >= 4 is 5.71 Å². The fourth-order valence-corrected chi connectivity index (χ4v) is 3.57. The third-order valence-electron chi connectivity index (χ3n) is 5.30. The SMILES string of the molecule is Cc1ncc(COc2cc(F)cc(Oc3ccc(C4=NN(C(C)C)C(N)C4C#N)cc3)c2)cn1. The van der Waals surface area contributed by atoms with Gasteiger partial charge < -0.3 is 15.2 Å². The summed E-state index contributed by atoms with van der Waals surface area (Å²) in [7, 11) is 0. The van der Waals surface area contributed by atoms with Crippen molar-refractivity contribution in [1.82, 2.24) is 15.0 Å². The van der Waals surface area contributed by atoms with Crippen LogP contribution >= 0.6 is 0 Å². The number of halogens is 1. The van der Waals surface area contributed by atoms with Crippen molar-refractivity contribution in [3.8, 4) is 23.3 Å². The first-order valence-electron chi connectivity index (χ1n) is 10.9. The van der Waals surface area contributed by atoms with Crippen LogP contribution in [0.1, 0.15) is 30.8 Å². The van der Waals surface area contributed by atoms with Crippen LogP contribution in [0.3, 0.4) is 0 Å². The lowest BCUT2D eigenvalue weighted by molar-refractivity contribution is 0.173. The van der Waals surface area contributed by atoms with Gasteiger partial charge in [-0.3, -0.25) is 5.01 Å². The van der Waals surface area contributed by atoms with Crippen LogP contribution in [0, 0.1) is 30.0 Å². The normalized spacial score (nSPS) is 17.4. The Kier molecular flexibility index (Phi) is 6.70. The van der Waals surface area contributed by atoms with E-state index < -0.39 is 17.9 Å². The van der Waals surface area contributed by atoms with Crippen molar-refractivity contribution in [2.45, 2.75) is 39.6 Å². The molecule has 2 unspecified atom stereocenters. The Labute approximate surface area is 197 Å². The summed E-state index contributed by atoms with van der Waals surface area (Å²) in [4.78, 5) is 8.24. The minimum Gasteiger partial charge on any atom is -0.489 e. The number of ether oxygens (including phenoxy) is 2. The maximum Gasteiger partial charge on any atom is 0.134 e. The number of aryl methyl sites for hydroxylation is 1. The summed E-state index contributed by atoms with van der Waals surface area (Å²) in [6.45, 7) is 5.95. The molecule has 1 aromatic heterocycles. The molecule has 2 heterocycles. The van der Waals surface area contributed by atoms with E-state index in [2.05, 4.69) is 21.1 Å². The maximum atomic E-state index is 14.2. The van der Waals surface area contributed by atoms with Crippen molar-refractivity contribution in [3.05, 3.63) is 77.6 Å². The summed E-state index contributed by atoms with van der Waals surface area (Å²) in [5.74, 6) is 0.778. The van der Waals surface area contributed by atoms with E-state index in [9.17, 15) is 9.65 Å². The van der Waals surface area contributed by atoms with Crippen molar-refractivity contribution < 1.29 is 13.9 Å². The fraction of sp³-hybridized carbons (Fsp3) is 0.280. The molecule has 174 valence electrons. The molecule has 3 aromatic rings. The van der Waals surface area contributed by atoms with Gasteiger partial charge in [0.2, 0.25) is 0 Å². The van der Waals surface area contributed by atoms with Gasteiger partial charge in [0.25, 0.3) is 0 Å². The highest BCUT2D eigenvalue weighted by Gasteiger charge is 2.36. The lowest BCUT2D eigenvalue weighted by Gasteiger charge is -2.24. The maximum absolute atomic E-state index is 14.2. The molecule has 0 spiro atoms. The Morgan fingerprint density at radius 3 is 2.41 bits per heavy atom. The second-order valence-electron chi connectivity index (χ2n) is 8.23. The van der Waals surface area contributed by atoms with Crippen molar-refractivity contribution in [2.75, 3.05) is 0 Å². The van der Waals surface area contributed by atoms with Gasteiger partial charge in [0.05, 0.1) is 11.8 Å². The summed E-state index contributed by atoms with van der Waals surface area (Å²) in [6, 6.07) is 13.6. The molecule has 34 heavy (non-hydrogen) atoms. The number of nitrogens with two attached hydrogens (primary N) is 1. The molecular weight excluding hydrogens is 435 g/mol. The Hall–Kier alpha value is -4.03. The van der Waals surface area contributed by atoms with E-state index >= 15 is 0 Å². The van der Waals surface area contributed by atoms with E-state index in [1.54, 1.807) is 42.5 Å². The van der Waals surface area contributed by atoms with Crippen LogP contribution < -0.4 is 15.2 Å². The molecule has 0 saturated carbocycles. The smallest absolute Gasteiger partial charge is 0.134 e. The summed E-state index contributed by atoms with van der Waals surface area (Å²) in [6.07, 6.45) is 2.84. The first-order chi connectivity index (χ1) is 16.3. The minimum atomic E-state index is -0.531. The lowest BCUT2D eigenvalue weighted by atomic mass is 9.96. The third-order valence-corrected chi connectivity index (χ3v) is 5.30. The fourth-order valence-electron chi connectivity index (χ4n) is 3.57. The zero-order valence-electron chi connectivity index (χ0n) is 19.1. The van der Waals surface area contributed by atoms with Crippen LogP contribution in [-0.2, 0) is 6.61 Å². The topological polar surface area (TPSA) is 110 Å². The second-order valence-corrected chi connectivity index (χ2v) is 8.23. The average Bonchev–Trinajstić information content (AvgIpc) is 3.15. The number of nitrogens with zero attached hydrogens (tertiary/aromatic N) is 5. The molecule has 2 aromatic carbocycles. The Balaban J connectivity index is 1.46. The summed E-state index contributed by atoms with van der Waals surface area (Å²) < 4.78 is 25.7. The molecule has 2 atom stereocenters. The van der Waals surface area contributed by atoms with Gasteiger partial charge in [-0.1, -0.05) is 0 Å².